The van der Waals surface area contributed by atoms with Gasteiger partial charge in [-0.3, -0.25) is 14.3 Å². The molecule has 1 aliphatic carbocycles. The Bertz CT molecular complexity index is 1270. The van der Waals surface area contributed by atoms with Crippen LogP contribution in [0.15, 0.2) is 53.3 Å². The lowest BCUT2D eigenvalue weighted by atomic mass is 10.2. The van der Waals surface area contributed by atoms with Crippen molar-refractivity contribution in [2.45, 2.75) is 24.0 Å². The van der Waals surface area contributed by atoms with E-state index in [0.29, 0.717) is 27.6 Å². The second kappa shape index (κ2) is 8.75. The molecule has 1 saturated carbocycles. The average Bonchev–Trinajstić information content (AvgIpc) is 3.38. The van der Waals surface area contributed by atoms with Crippen LogP contribution in [0.25, 0.3) is 22.6 Å². The fourth-order valence-electron chi connectivity index (χ4n) is 3.14. The average molecular weight is 471 g/mol. The summed E-state index contributed by atoms with van der Waals surface area (Å²) in [5, 5.41) is 14.1. The smallest absolute Gasteiger partial charge is 0.236 e. The number of hydrogen-bond acceptors (Lipinski definition) is 7. The van der Waals surface area contributed by atoms with Crippen molar-refractivity contribution in [1.82, 2.24) is 24.7 Å². The van der Waals surface area contributed by atoms with Crippen LogP contribution in [0.3, 0.4) is 0 Å². The zero-order valence-electron chi connectivity index (χ0n) is 16.5. The second-order valence-electron chi connectivity index (χ2n) is 7.15. The number of thioether (sulfide) groups is 1. The molecule has 11 heteroatoms. The number of pyridine rings is 1. The van der Waals surface area contributed by atoms with Gasteiger partial charge in [-0.25, -0.2) is 13.8 Å². The predicted octanol–water partition coefficient (Wildman–Crippen LogP) is 4.81. The summed E-state index contributed by atoms with van der Waals surface area (Å²) in [5.74, 6) is -1.18. The molecule has 0 radical (unpaired) electrons. The number of nitrogens with zero attached hydrogens (tertiary/aromatic N) is 5. The van der Waals surface area contributed by atoms with E-state index in [0.717, 1.165) is 36.4 Å². The van der Waals surface area contributed by atoms with Gasteiger partial charge in [0, 0.05) is 34.9 Å². The summed E-state index contributed by atoms with van der Waals surface area (Å²) in [6.07, 6.45) is 5.54. The number of rotatable bonds is 7. The van der Waals surface area contributed by atoms with Crippen molar-refractivity contribution in [3.05, 3.63) is 59.7 Å². The van der Waals surface area contributed by atoms with Gasteiger partial charge in [0.15, 0.2) is 27.7 Å². The first kappa shape index (κ1) is 20.7. The van der Waals surface area contributed by atoms with E-state index in [1.807, 2.05) is 12.1 Å². The summed E-state index contributed by atoms with van der Waals surface area (Å²) < 4.78 is 28.7. The van der Waals surface area contributed by atoms with Crippen LogP contribution in [0, 0.1) is 11.6 Å². The lowest BCUT2D eigenvalue weighted by molar-refractivity contribution is -0.113. The minimum atomic E-state index is -0.941. The zero-order valence-corrected chi connectivity index (χ0v) is 18.2. The third-order valence-corrected chi connectivity index (χ3v) is 6.51. The number of carbonyl (C=O) groups excluding carboxylic acids is 1. The highest BCUT2D eigenvalue weighted by Crippen LogP contribution is 2.41. The molecule has 1 aliphatic rings. The van der Waals surface area contributed by atoms with Crippen LogP contribution < -0.4 is 5.32 Å². The SMILES string of the molecule is O=C(CSc1nnc(-c2ccncc2)n1C1CC1)Nc1nc(-c2ccc(F)c(F)c2)cs1. The number of nitrogens with one attached hydrogen (secondary N) is 1. The molecular formula is C21H16F2N6OS2. The van der Waals surface area contributed by atoms with Crippen LogP contribution in [-0.2, 0) is 4.79 Å². The van der Waals surface area contributed by atoms with Crippen molar-refractivity contribution in [1.29, 1.82) is 0 Å². The van der Waals surface area contributed by atoms with Gasteiger partial charge in [-0.2, -0.15) is 0 Å². The number of thiazole rings is 1. The lowest BCUT2D eigenvalue weighted by Crippen LogP contribution is -2.14. The fraction of sp³-hybridized carbons (Fsp3) is 0.190. The molecule has 32 heavy (non-hydrogen) atoms. The second-order valence-corrected chi connectivity index (χ2v) is 8.95. The van der Waals surface area contributed by atoms with E-state index in [1.54, 1.807) is 17.8 Å². The van der Waals surface area contributed by atoms with Crippen LogP contribution in [0.5, 0.6) is 0 Å². The van der Waals surface area contributed by atoms with Crippen molar-refractivity contribution < 1.29 is 13.6 Å². The monoisotopic (exact) mass is 470 g/mol. The van der Waals surface area contributed by atoms with Gasteiger partial charge in [0.05, 0.1) is 11.4 Å². The Kier molecular flexibility index (Phi) is 5.66. The normalized spacial score (nSPS) is 13.3. The molecule has 5 rings (SSSR count). The van der Waals surface area contributed by atoms with E-state index >= 15 is 0 Å². The van der Waals surface area contributed by atoms with E-state index in [1.165, 1.54) is 29.2 Å². The van der Waals surface area contributed by atoms with E-state index in [9.17, 15) is 13.6 Å². The van der Waals surface area contributed by atoms with Gasteiger partial charge >= 0.3 is 0 Å². The number of aromatic nitrogens is 5. The number of amides is 1. The lowest BCUT2D eigenvalue weighted by Gasteiger charge is -2.08. The molecule has 7 nitrogen and oxygen atoms in total. The first-order chi connectivity index (χ1) is 15.6. The first-order valence-corrected chi connectivity index (χ1v) is 11.6. The maximum Gasteiger partial charge on any atom is 0.236 e. The van der Waals surface area contributed by atoms with Crippen LogP contribution in [-0.4, -0.2) is 36.4 Å². The van der Waals surface area contributed by atoms with E-state index in [4.69, 9.17) is 0 Å². The van der Waals surface area contributed by atoms with Gasteiger partial charge < -0.3 is 5.32 Å². The predicted molar refractivity (Wildman–Crippen MR) is 118 cm³/mol. The molecule has 0 unspecified atom stereocenters. The summed E-state index contributed by atoms with van der Waals surface area (Å²) in [7, 11) is 0. The van der Waals surface area contributed by atoms with Gasteiger partial charge in [0.1, 0.15) is 0 Å². The Hall–Kier alpha value is -3.18. The van der Waals surface area contributed by atoms with Gasteiger partial charge in [0.25, 0.3) is 0 Å². The minimum Gasteiger partial charge on any atom is -0.301 e. The van der Waals surface area contributed by atoms with Crippen molar-refractivity contribution in [2.24, 2.45) is 0 Å². The number of carbonyl (C=O) groups is 1. The van der Waals surface area contributed by atoms with E-state index < -0.39 is 11.6 Å². The Morgan fingerprint density at radius 3 is 2.69 bits per heavy atom. The number of benzene rings is 1. The summed E-state index contributed by atoms with van der Waals surface area (Å²) in [5.41, 5.74) is 1.84. The fourth-order valence-corrected chi connectivity index (χ4v) is 4.68. The molecule has 0 saturated heterocycles. The Labute approximate surface area is 189 Å². The van der Waals surface area contributed by atoms with E-state index in [2.05, 4.69) is 30.0 Å². The van der Waals surface area contributed by atoms with Crippen LogP contribution in [0.2, 0.25) is 0 Å². The maximum atomic E-state index is 13.5. The maximum absolute atomic E-state index is 13.5. The Morgan fingerprint density at radius 1 is 1.12 bits per heavy atom. The van der Waals surface area contributed by atoms with Crippen LogP contribution >= 0.6 is 23.1 Å². The largest absolute Gasteiger partial charge is 0.301 e. The van der Waals surface area contributed by atoms with Crippen LogP contribution in [0.1, 0.15) is 18.9 Å². The third kappa shape index (κ3) is 4.39. The quantitative estimate of drug-likeness (QED) is 0.390. The van der Waals surface area contributed by atoms with Gasteiger partial charge in [0.2, 0.25) is 5.91 Å². The molecule has 0 spiro atoms. The van der Waals surface area contributed by atoms with Gasteiger partial charge in [-0.05, 0) is 43.2 Å². The zero-order chi connectivity index (χ0) is 22.1. The first-order valence-electron chi connectivity index (χ1n) is 9.77. The summed E-state index contributed by atoms with van der Waals surface area (Å²) in [4.78, 5) is 20.8. The molecule has 1 N–H and O–H groups in total. The standard InChI is InChI=1S/C21H16F2N6OS2/c22-15-4-1-13(9-16(15)23)17-10-31-20(25-17)26-18(30)11-32-21-28-27-19(29(21)14-2-3-14)12-5-7-24-8-6-12/h1,4-10,14H,2-3,11H2,(H,25,26,30). The highest BCUT2D eigenvalue weighted by Gasteiger charge is 2.30. The van der Waals surface area contributed by atoms with Crippen molar-refractivity contribution >= 4 is 34.1 Å². The highest BCUT2D eigenvalue weighted by molar-refractivity contribution is 7.99. The highest BCUT2D eigenvalue weighted by atomic mass is 32.2. The van der Waals surface area contributed by atoms with Crippen molar-refractivity contribution in [2.75, 3.05) is 11.1 Å². The summed E-state index contributed by atoms with van der Waals surface area (Å²) in [6.45, 7) is 0. The summed E-state index contributed by atoms with van der Waals surface area (Å²) in [6, 6.07) is 7.69. The summed E-state index contributed by atoms with van der Waals surface area (Å²) >= 11 is 2.53. The minimum absolute atomic E-state index is 0.140. The Morgan fingerprint density at radius 2 is 1.94 bits per heavy atom. The molecule has 1 amide bonds. The molecule has 1 aromatic carbocycles. The molecule has 0 bridgehead atoms. The van der Waals surface area contributed by atoms with E-state index in [-0.39, 0.29) is 11.7 Å². The molecule has 0 aliphatic heterocycles. The topological polar surface area (TPSA) is 85.6 Å². The molecule has 4 aromatic rings. The number of hydrogen-bond donors (Lipinski definition) is 1. The molecule has 0 atom stereocenters. The van der Waals surface area contributed by atoms with Crippen molar-refractivity contribution in [3.8, 4) is 22.6 Å². The molecule has 3 heterocycles. The molecular weight excluding hydrogens is 454 g/mol. The Balaban J connectivity index is 1.25. The number of halogens is 2. The molecule has 162 valence electrons. The number of anilines is 1. The molecule has 3 aromatic heterocycles. The molecule has 1 fully saturated rings. The van der Waals surface area contributed by atoms with Gasteiger partial charge in [-0.1, -0.05) is 11.8 Å². The van der Waals surface area contributed by atoms with Crippen molar-refractivity contribution in [3.63, 3.8) is 0 Å². The van der Waals surface area contributed by atoms with Crippen LogP contribution in [0.4, 0.5) is 13.9 Å². The van der Waals surface area contributed by atoms with Gasteiger partial charge in [-0.15, -0.1) is 21.5 Å². The third-order valence-electron chi connectivity index (χ3n) is 4.81.